The molecule has 7 nitrogen and oxygen atoms in total. The zero-order chi connectivity index (χ0) is 21.0. The number of nitrogens with zero attached hydrogens (tertiary/aromatic N) is 2. The topological polar surface area (TPSA) is 85.6 Å². The predicted molar refractivity (Wildman–Crippen MR) is 114 cm³/mol. The molecule has 3 rings (SSSR count). The zero-order valence-electron chi connectivity index (χ0n) is 17.7. The molecule has 0 fully saturated rings. The fourth-order valence-corrected chi connectivity index (χ4v) is 3.98. The molecule has 2 N–H and O–H groups in total. The van der Waals surface area contributed by atoms with Crippen molar-refractivity contribution in [2.75, 3.05) is 32.8 Å². The molecule has 0 amide bonds. The molecule has 1 aliphatic carbocycles. The van der Waals surface area contributed by atoms with Crippen molar-refractivity contribution in [2.45, 2.75) is 52.1 Å². The Balaban J connectivity index is 2.13. The van der Waals surface area contributed by atoms with E-state index < -0.39 is 0 Å². The van der Waals surface area contributed by atoms with Crippen LogP contribution in [0.15, 0.2) is 16.9 Å². The van der Waals surface area contributed by atoms with Crippen molar-refractivity contribution < 1.29 is 14.6 Å². The number of aliphatic hydroxyl groups is 1. The number of fused-ring (bicyclic) bond motifs is 1. The number of nitrogens with one attached hydrogen (secondary N) is 1. The maximum Gasteiger partial charge on any atom is 0.277 e. The number of hydrogen-bond donors (Lipinski definition) is 2. The van der Waals surface area contributed by atoms with Gasteiger partial charge in [-0.05, 0) is 62.8 Å². The molecule has 158 valence electrons. The van der Waals surface area contributed by atoms with Crippen LogP contribution >= 0.6 is 0 Å². The molecule has 1 atom stereocenters. The van der Waals surface area contributed by atoms with E-state index in [1.165, 1.54) is 24.0 Å². The molecule has 0 aliphatic heterocycles. The van der Waals surface area contributed by atoms with Gasteiger partial charge in [-0.3, -0.25) is 9.36 Å². The van der Waals surface area contributed by atoms with E-state index in [1.54, 1.807) is 25.7 Å². The van der Waals surface area contributed by atoms with Gasteiger partial charge in [0.1, 0.15) is 17.3 Å². The van der Waals surface area contributed by atoms with Gasteiger partial charge >= 0.3 is 0 Å². The van der Waals surface area contributed by atoms with Crippen molar-refractivity contribution >= 4 is 5.69 Å². The van der Waals surface area contributed by atoms with Gasteiger partial charge < -0.3 is 19.9 Å². The van der Waals surface area contributed by atoms with Crippen LogP contribution in [0, 0.1) is 6.92 Å². The van der Waals surface area contributed by atoms with Crippen molar-refractivity contribution in [2.24, 2.45) is 0 Å². The number of hydrogen-bond acceptors (Lipinski definition) is 6. The van der Waals surface area contributed by atoms with Crippen LogP contribution in [0.5, 0.6) is 5.75 Å². The maximum absolute atomic E-state index is 13.3. The number of ether oxygens (including phenoxy) is 2. The molecule has 1 unspecified atom stereocenters. The molecule has 1 heterocycles. The van der Waals surface area contributed by atoms with Crippen LogP contribution in [0.3, 0.4) is 0 Å². The van der Waals surface area contributed by atoms with E-state index in [0.29, 0.717) is 30.4 Å². The standard InChI is InChI=1S/C22H31N3O4/c1-5-25-21(18-10-15-8-6-7-9-16(15)11-19(18)29-4)23-14(2)20(22(25)27)24-17(12-26)13-28-3/h10-11,17,24,26H,5-9,12-13H2,1-4H3. The second-order valence-electron chi connectivity index (χ2n) is 7.45. The van der Waals surface area contributed by atoms with E-state index in [0.717, 1.165) is 24.2 Å². The maximum atomic E-state index is 13.3. The summed E-state index contributed by atoms with van der Waals surface area (Å²) in [4.78, 5) is 18.0. The molecule has 0 bridgehead atoms. The fourth-order valence-electron chi connectivity index (χ4n) is 3.98. The van der Waals surface area contributed by atoms with Crippen LogP contribution in [0.4, 0.5) is 5.69 Å². The second-order valence-corrected chi connectivity index (χ2v) is 7.45. The molecule has 0 radical (unpaired) electrons. The minimum absolute atomic E-state index is 0.140. The van der Waals surface area contributed by atoms with Crippen LogP contribution < -0.4 is 15.6 Å². The molecule has 7 heteroatoms. The summed E-state index contributed by atoms with van der Waals surface area (Å²) in [6.07, 6.45) is 4.47. The summed E-state index contributed by atoms with van der Waals surface area (Å²) in [6, 6.07) is 3.86. The fraction of sp³-hybridized carbons (Fsp3) is 0.545. The van der Waals surface area contributed by atoms with Crippen molar-refractivity contribution in [1.82, 2.24) is 9.55 Å². The van der Waals surface area contributed by atoms with Gasteiger partial charge in [-0.1, -0.05) is 0 Å². The lowest BCUT2D eigenvalue weighted by Crippen LogP contribution is -2.35. The molecule has 1 aromatic heterocycles. The van der Waals surface area contributed by atoms with E-state index in [9.17, 15) is 9.90 Å². The highest BCUT2D eigenvalue weighted by Gasteiger charge is 2.22. The van der Waals surface area contributed by atoms with E-state index in [2.05, 4.69) is 17.4 Å². The number of benzene rings is 1. The van der Waals surface area contributed by atoms with Gasteiger partial charge in [0.15, 0.2) is 0 Å². The van der Waals surface area contributed by atoms with Crippen LogP contribution in [0.25, 0.3) is 11.4 Å². The lowest BCUT2D eigenvalue weighted by atomic mass is 9.89. The molecule has 0 spiro atoms. The van der Waals surface area contributed by atoms with Crippen LogP contribution in [0.1, 0.15) is 36.6 Å². The van der Waals surface area contributed by atoms with Crippen molar-refractivity contribution in [3.63, 3.8) is 0 Å². The molecule has 0 saturated carbocycles. The minimum Gasteiger partial charge on any atom is -0.496 e. The van der Waals surface area contributed by atoms with Gasteiger partial charge in [-0.15, -0.1) is 0 Å². The predicted octanol–water partition coefficient (Wildman–Crippen LogP) is 2.55. The van der Waals surface area contributed by atoms with Gasteiger partial charge in [0.25, 0.3) is 5.56 Å². The summed E-state index contributed by atoms with van der Waals surface area (Å²) in [7, 11) is 3.22. The number of anilines is 1. The number of rotatable bonds is 8. The zero-order valence-corrected chi connectivity index (χ0v) is 17.7. The highest BCUT2D eigenvalue weighted by molar-refractivity contribution is 5.68. The summed E-state index contributed by atoms with van der Waals surface area (Å²) in [5.74, 6) is 1.35. The van der Waals surface area contributed by atoms with Gasteiger partial charge in [0, 0.05) is 13.7 Å². The van der Waals surface area contributed by atoms with Crippen LogP contribution in [-0.4, -0.2) is 48.1 Å². The van der Waals surface area contributed by atoms with E-state index >= 15 is 0 Å². The van der Waals surface area contributed by atoms with Gasteiger partial charge in [0.2, 0.25) is 0 Å². The first-order chi connectivity index (χ1) is 14.0. The Morgan fingerprint density at radius 3 is 2.52 bits per heavy atom. The average Bonchev–Trinajstić information content (AvgIpc) is 2.74. The van der Waals surface area contributed by atoms with E-state index in [4.69, 9.17) is 14.5 Å². The highest BCUT2D eigenvalue weighted by Crippen LogP contribution is 2.35. The third kappa shape index (κ3) is 4.31. The molecular formula is C22H31N3O4. The SMILES string of the molecule is CCn1c(-c2cc3c(cc2OC)CCCC3)nc(C)c(NC(CO)COC)c1=O. The third-order valence-corrected chi connectivity index (χ3v) is 5.51. The Morgan fingerprint density at radius 2 is 1.93 bits per heavy atom. The Morgan fingerprint density at radius 1 is 1.24 bits per heavy atom. The molecule has 2 aromatic rings. The van der Waals surface area contributed by atoms with Crippen LogP contribution in [0.2, 0.25) is 0 Å². The molecule has 1 aromatic carbocycles. The summed E-state index contributed by atoms with van der Waals surface area (Å²) >= 11 is 0. The van der Waals surface area contributed by atoms with E-state index in [-0.39, 0.29) is 18.2 Å². The smallest absolute Gasteiger partial charge is 0.277 e. The van der Waals surface area contributed by atoms with Crippen LogP contribution in [-0.2, 0) is 24.1 Å². The van der Waals surface area contributed by atoms with Gasteiger partial charge in [0.05, 0.1) is 37.6 Å². The first-order valence-corrected chi connectivity index (χ1v) is 10.2. The average molecular weight is 402 g/mol. The largest absolute Gasteiger partial charge is 0.496 e. The molecule has 29 heavy (non-hydrogen) atoms. The summed E-state index contributed by atoms with van der Waals surface area (Å²) in [5.41, 5.74) is 4.29. The number of methoxy groups -OCH3 is 2. The normalized spacial score (nSPS) is 14.4. The van der Waals surface area contributed by atoms with Gasteiger partial charge in [-0.2, -0.15) is 0 Å². The Labute approximate surface area is 171 Å². The summed E-state index contributed by atoms with van der Waals surface area (Å²) in [5, 5.41) is 12.6. The summed E-state index contributed by atoms with van der Waals surface area (Å²) in [6.45, 7) is 4.36. The second kappa shape index (κ2) is 9.41. The van der Waals surface area contributed by atoms with Crippen molar-refractivity contribution in [1.29, 1.82) is 0 Å². The quantitative estimate of drug-likeness (QED) is 0.707. The lowest BCUT2D eigenvalue weighted by Gasteiger charge is -2.22. The summed E-state index contributed by atoms with van der Waals surface area (Å²) < 4.78 is 12.4. The molecular weight excluding hydrogens is 370 g/mol. The lowest BCUT2D eigenvalue weighted by molar-refractivity contribution is 0.153. The number of aliphatic hydroxyl groups excluding tert-OH is 1. The molecule has 1 aliphatic rings. The highest BCUT2D eigenvalue weighted by atomic mass is 16.5. The van der Waals surface area contributed by atoms with Gasteiger partial charge in [-0.25, -0.2) is 4.98 Å². The minimum atomic E-state index is -0.373. The Bertz CT molecular complexity index is 923. The molecule has 0 saturated heterocycles. The Kier molecular flexibility index (Phi) is 6.92. The number of aryl methyl sites for hydroxylation is 3. The van der Waals surface area contributed by atoms with Crippen molar-refractivity contribution in [3.8, 4) is 17.1 Å². The monoisotopic (exact) mass is 401 g/mol. The van der Waals surface area contributed by atoms with E-state index in [1.807, 2.05) is 6.92 Å². The number of aromatic nitrogens is 2. The first kappa shape index (κ1) is 21.3. The first-order valence-electron chi connectivity index (χ1n) is 10.2. The third-order valence-electron chi connectivity index (χ3n) is 5.51. The Hall–Kier alpha value is -2.38. The van der Waals surface area contributed by atoms with Crippen molar-refractivity contribution in [3.05, 3.63) is 39.3 Å².